The summed E-state index contributed by atoms with van der Waals surface area (Å²) in [7, 11) is 0. The van der Waals surface area contributed by atoms with Crippen LogP contribution >= 0.6 is 0 Å². The van der Waals surface area contributed by atoms with Gasteiger partial charge in [0.15, 0.2) is 11.5 Å². The Labute approximate surface area is 273 Å². The Morgan fingerprint density at radius 2 is 1.98 bits per heavy atom. The fraction of sp³-hybridized carbons (Fsp3) is 0.343. The van der Waals surface area contributed by atoms with Crippen molar-refractivity contribution in [2.24, 2.45) is 5.92 Å². The van der Waals surface area contributed by atoms with Gasteiger partial charge in [-0.25, -0.2) is 4.39 Å². The summed E-state index contributed by atoms with van der Waals surface area (Å²) < 4.78 is 15.0. The highest BCUT2D eigenvalue weighted by Crippen LogP contribution is 2.31. The molecule has 0 saturated carbocycles. The maximum absolute atomic E-state index is 13.3. The number of β-amino-alcohol motifs (C(OH)–C–C–N with tert-alkyl or cyclic N) is 1. The zero-order valence-corrected chi connectivity index (χ0v) is 26.9. The van der Waals surface area contributed by atoms with Crippen LogP contribution in [0.4, 0.5) is 22.0 Å². The molecule has 2 aromatic carbocycles. The fourth-order valence-corrected chi connectivity index (χ4v) is 6.04. The first-order valence-corrected chi connectivity index (χ1v) is 16.0. The number of nitrogens with zero attached hydrogens (tertiary/aromatic N) is 6. The third kappa shape index (κ3) is 6.93. The number of hydrogen-bond acceptors (Lipinski definition) is 9. The van der Waals surface area contributed by atoms with Gasteiger partial charge in [0.1, 0.15) is 0 Å². The molecule has 11 nitrogen and oxygen atoms in total. The van der Waals surface area contributed by atoms with E-state index >= 15 is 0 Å². The Kier molecular flexibility index (Phi) is 9.41. The number of rotatable bonds is 11. The summed E-state index contributed by atoms with van der Waals surface area (Å²) in [6.07, 6.45) is 4.05. The summed E-state index contributed by atoms with van der Waals surface area (Å²) in [5, 5.41) is 26.5. The van der Waals surface area contributed by atoms with Gasteiger partial charge in [-0.15, -0.1) is 0 Å². The van der Waals surface area contributed by atoms with Crippen LogP contribution in [-0.2, 0) is 11.3 Å². The Hall–Kier alpha value is -4.94. The van der Waals surface area contributed by atoms with E-state index in [4.69, 9.17) is 15.0 Å². The molecule has 0 aliphatic carbocycles. The highest BCUT2D eigenvalue weighted by atomic mass is 19.1. The van der Waals surface area contributed by atoms with Crippen LogP contribution < -0.4 is 16.0 Å². The van der Waals surface area contributed by atoms with Gasteiger partial charge in [0, 0.05) is 53.9 Å². The molecule has 2 atom stereocenters. The molecule has 3 aromatic heterocycles. The molecular weight excluding hydrogens is 597 g/mol. The minimum Gasteiger partial charge on any atom is -0.391 e. The van der Waals surface area contributed by atoms with E-state index < -0.39 is 17.8 Å². The molecule has 1 fully saturated rings. The van der Waals surface area contributed by atoms with Gasteiger partial charge < -0.3 is 26.0 Å². The second kappa shape index (κ2) is 13.8. The lowest BCUT2D eigenvalue weighted by Gasteiger charge is -2.35. The van der Waals surface area contributed by atoms with Crippen molar-refractivity contribution in [2.75, 3.05) is 42.1 Å². The number of benzene rings is 2. The Balaban J connectivity index is 1.27. The number of pyridine rings is 1. The quantitative estimate of drug-likeness (QED) is 0.136. The summed E-state index contributed by atoms with van der Waals surface area (Å²) in [5.74, 6) is -0.574. The topological polar surface area (TPSA) is 133 Å². The number of aliphatic hydroxyl groups excluding tert-OH is 1. The van der Waals surface area contributed by atoms with E-state index in [9.17, 15) is 14.3 Å². The second-order valence-electron chi connectivity index (χ2n) is 12.2. The van der Waals surface area contributed by atoms with E-state index in [2.05, 4.69) is 53.3 Å². The smallest absolute Gasteiger partial charge is 0.283 e. The van der Waals surface area contributed by atoms with Crippen molar-refractivity contribution in [3.05, 3.63) is 84.5 Å². The van der Waals surface area contributed by atoms with Crippen LogP contribution in [-0.4, -0.2) is 72.8 Å². The summed E-state index contributed by atoms with van der Waals surface area (Å²) >= 11 is 0. The number of anilines is 3. The van der Waals surface area contributed by atoms with Gasteiger partial charge in [0.05, 0.1) is 18.0 Å². The zero-order chi connectivity index (χ0) is 33.1. The maximum Gasteiger partial charge on any atom is 0.283 e. The third-order valence-electron chi connectivity index (χ3n) is 8.77. The van der Waals surface area contributed by atoms with Crippen LogP contribution in [0.15, 0.2) is 73.3 Å². The van der Waals surface area contributed by atoms with Crippen molar-refractivity contribution in [1.82, 2.24) is 29.5 Å². The van der Waals surface area contributed by atoms with Crippen molar-refractivity contribution < 1.29 is 14.3 Å². The molecule has 0 radical (unpaired) electrons. The van der Waals surface area contributed by atoms with E-state index in [-0.39, 0.29) is 11.8 Å². The van der Waals surface area contributed by atoms with Crippen molar-refractivity contribution in [1.29, 1.82) is 0 Å². The van der Waals surface area contributed by atoms with Crippen molar-refractivity contribution in [2.45, 2.75) is 45.8 Å². The van der Waals surface area contributed by atoms with E-state index in [1.54, 1.807) is 22.8 Å². The van der Waals surface area contributed by atoms with Crippen LogP contribution in [0.25, 0.3) is 27.7 Å². The average molecular weight is 638 g/mol. The molecule has 1 aliphatic rings. The first-order valence-electron chi connectivity index (χ1n) is 16.0. The summed E-state index contributed by atoms with van der Waals surface area (Å²) in [4.78, 5) is 28.4. The van der Waals surface area contributed by atoms with Crippen molar-refractivity contribution in [3.8, 4) is 11.3 Å². The molecular formula is C35H40FN9O2. The highest BCUT2D eigenvalue weighted by Gasteiger charge is 2.27. The predicted octanol–water partition coefficient (Wildman–Crippen LogP) is 5.61. The molecule has 0 spiro atoms. The van der Waals surface area contributed by atoms with E-state index in [0.717, 1.165) is 58.3 Å². The molecule has 47 heavy (non-hydrogen) atoms. The standard InChI is InChI=1S/C35H40FN9O2/c1-5-44-15-13-25(30(46)20-44)18-38-34-42-32-29(21(2)3)19-40-45(32)35(43-34)39-17-24-8-6-7-9-27(24)31-28-11-10-26(41-33(47)22(4)36)16-23(28)12-14-37-31/h6-12,14,16,19,21,25,30,46H,4-5,13,15,17-18,20H2,1-3H3,(H,41,47)(H2,38,39,42,43)/t25-,30+/m1/s1. The minimum atomic E-state index is -1.05. The monoisotopic (exact) mass is 637 g/mol. The maximum atomic E-state index is 13.3. The molecule has 0 unspecified atom stereocenters. The fourth-order valence-electron chi connectivity index (χ4n) is 6.04. The molecule has 1 amide bonds. The van der Waals surface area contributed by atoms with Crippen LogP contribution in [0.1, 0.15) is 44.2 Å². The number of amides is 1. The number of likely N-dealkylation sites (tertiary alicyclic amines) is 1. The number of hydrogen-bond donors (Lipinski definition) is 4. The van der Waals surface area contributed by atoms with Crippen LogP contribution in [0, 0.1) is 5.92 Å². The largest absolute Gasteiger partial charge is 0.391 e. The number of fused-ring (bicyclic) bond motifs is 2. The van der Waals surface area contributed by atoms with E-state index in [1.165, 1.54) is 0 Å². The van der Waals surface area contributed by atoms with Crippen molar-refractivity contribution >= 4 is 39.9 Å². The zero-order valence-electron chi connectivity index (χ0n) is 26.9. The van der Waals surface area contributed by atoms with Crippen molar-refractivity contribution in [3.63, 3.8) is 0 Å². The van der Waals surface area contributed by atoms with Crippen LogP contribution in [0.2, 0.25) is 0 Å². The number of aromatic nitrogens is 5. The molecule has 12 heteroatoms. The molecule has 1 aliphatic heterocycles. The summed E-state index contributed by atoms with van der Waals surface area (Å²) in [6.45, 7) is 13.0. The van der Waals surface area contributed by atoms with Gasteiger partial charge in [-0.1, -0.05) is 57.7 Å². The molecule has 5 aromatic rings. The van der Waals surface area contributed by atoms with E-state index in [1.807, 2.05) is 42.6 Å². The number of carbonyl (C=O) groups excluding carboxylic acids is 1. The van der Waals surface area contributed by atoms with Gasteiger partial charge in [-0.05, 0) is 54.6 Å². The lowest BCUT2D eigenvalue weighted by molar-refractivity contribution is -0.114. The first-order chi connectivity index (χ1) is 22.7. The van der Waals surface area contributed by atoms with Gasteiger partial charge in [-0.2, -0.15) is 19.6 Å². The van der Waals surface area contributed by atoms with E-state index in [0.29, 0.717) is 37.2 Å². The Bertz CT molecular complexity index is 1920. The molecule has 0 bridgehead atoms. The Morgan fingerprint density at radius 3 is 2.74 bits per heavy atom. The number of aliphatic hydroxyl groups is 1. The number of nitrogens with one attached hydrogen (secondary N) is 3. The second-order valence-corrected chi connectivity index (χ2v) is 12.2. The molecule has 4 N–H and O–H groups in total. The summed E-state index contributed by atoms with van der Waals surface area (Å²) in [6, 6.07) is 15.2. The van der Waals surface area contributed by atoms with Gasteiger partial charge in [-0.3, -0.25) is 9.78 Å². The number of likely N-dealkylation sites (N-methyl/N-ethyl adjacent to an activating group) is 1. The van der Waals surface area contributed by atoms with Crippen LogP contribution in [0.5, 0.6) is 0 Å². The van der Waals surface area contributed by atoms with Crippen LogP contribution in [0.3, 0.4) is 0 Å². The number of piperidine rings is 1. The SMILES string of the molecule is C=C(F)C(=O)Nc1ccc2c(-c3ccccc3CNc3nc(NC[C@H]4CCN(CC)C[C@@H]4O)nc4c(C(C)C)cnn34)nccc2c1. The number of halogens is 1. The summed E-state index contributed by atoms with van der Waals surface area (Å²) in [5.41, 5.74) is 4.90. The first kappa shape index (κ1) is 32.0. The lowest BCUT2D eigenvalue weighted by Crippen LogP contribution is -2.45. The van der Waals surface area contributed by atoms with Gasteiger partial charge >= 0.3 is 0 Å². The molecule has 1 saturated heterocycles. The molecule has 4 heterocycles. The van der Waals surface area contributed by atoms with Gasteiger partial charge in [0.25, 0.3) is 5.91 Å². The average Bonchev–Trinajstić information content (AvgIpc) is 3.51. The normalized spacial score (nSPS) is 16.9. The highest BCUT2D eigenvalue weighted by molar-refractivity contribution is 6.04. The van der Waals surface area contributed by atoms with Gasteiger partial charge in [0.2, 0.25) is 11.9 Å². The third-order valence-corrected chi connectivity index (χ3v) is 8.77. The minimum absolute atomic E-state index is 0.110. The molecule has 244 valence electrons. The molecule has 6 rings (SSSR count). The Morgan fingerprint density at radius 1 is 1.15 bits per heavy atom. The predicted molar refractivity (Wildman–Crippen MR) is 183 cm³/mol. The lowest BCUT2D eigenvalue weighted by atomic mass is 9.94. The number of carbonyl (C=O) groups is 1.